The largest absolute Gasteiger partial charge is 0.385 e. The summed E-state index contributed by atoms with van der Waals surface area (Å²) in [5, 5.41) is 9.28. The number of aromatic amines is 1. The van der Waals surface area contributed by atoms with Gasteiger partial charge >= 0.3 is 0 Å². The Balaban J connectivity index is 1.87. The third-order valence-corrected chi connectivity index (χ3v) is 4.47. The number of nitrogens with one attached hydrogen (secondary N) is 3. The summed E-state index contributed by atoms with van der Waals surface area (Å²) >= 11 is 6.13. The van der Waals surface area contributed by atoms with Crippen molar-refractivity contribution in [2.24, 2.45) is 0 Å². The SMILES string of the molecule is CCNc1cc(Cl)cc(C(=O)NCc2c(C)nc3cc[nH]n3c2=O)c1C. The molecule has 136 valence electrons. The van der Waals surface area contributed by atoms with E-state index in [-0.39, 0.29) is 18.0 Å². The van der Waals surface area contributed by atoms with E-state index in [0.29, 0.717) is 27.5 Å². The number of nitrogens with zero attached hydrogens (tertiary/aromatic N) is 2. The van der Waals surface area contributed by atoms with Gasteiger partial charge in [0.25, 0.3) is 11.5 Å². The van der Waals surface area contributed by atoms with E-state index in [1.54, 1.807) is 31.3 Å². The third kappa shape index (κ3) is 3.30. The number of anilines is 1. The van der Waals surface area contributed by atoms with E-state index in [1.807, 2.05) is 13.8 Å². The molecule has 26 heavy (non-hydrogen) atoms. The maximum atomic E-state index is 12.6. The molecule has 8 heteroatoms. The fraction of sp³-hybridized carbons (Fsp3) is 0.278. The van der Waals surface area contributed by atoms with Crippen molar-refractivity contribution in [3.05, 3.63) is 62.2 Å². The van der Waals surface area contributed by atoms with Crippen LogP contribution in [0.15, 0.2) is 29.2 Å². The maximum Gasteiger partial charge on any atom is 0.277 e. The first-order valence-corrected chi connectivity index (χ1v) is 8.68. The molecule has 0 radical (unpaired) electrons. The van der Waals surface area contributed by atoms with E-state index in [9.17, 15) is 9.59 Å². The lowest BCUT2D eigenvalue weighted by atomic mass is 10.1. The summed E-state index contributed by atoms with van der Waals surface area (Å²) in [6.45, 7) is 6.39. The summed E-state index contributed by atoms with van der Waals surface area (Å²) < 4.78 is 1.35. The summed E-state index contributed by atoms with van der Waals surface area (Å²) in [6, 6.07) is 5.13. The molecule has 3 N–H and O–H groups in total. The molecule has 0 saturated carbocycles. The van der Waals surface area contributed by atoms with Gasteiger partial charge in [-0.2, -0.15) is 0 Å². The molecule has 0 aliphatic carbocycles. The van der Waals surface area contributed by atoms with Crippen LogP contribution >= 0.6 is 11.6 Å². The summed E-state index contributed by atoms with van der Waals surface area (Å²) in [5.74, 6) is -0.292. The molecule has 0 unspecified atom stereocenters. The third-order valence-electron chi connectivity index (χ3n) is 4.26. The second-order valence-corrected chi connectivity index (χ2v) is 6.41. The van der Waals surface area contributed by atoms with Crippen LogP contribution in [-0.4, -0.2) is 27.0 Å². The molecule has 2 aromatic heterocycles. The van der Waals surface area contributed by atoms with E-state index < -0.39 is 0 Å². The van der Waals surface area contributed by atoms with Crippen molar-refractivity contribution in [2.75, 3.05) is 11.9 Å². The van der Waals surface area contributed by atoms with E-state index in [4.69, 9.17) is 11.6 Å². The lowest BCUT2D eigenvalue weighted by Crippen LogP contribution is -2.30. The number of aryl methyl sites for hydroxylation is 1. The van der Waals surface area contributed by atoms with Gasteiger partial charge in [0.1, 0.15) is 0 Å². The zero-order chi connectivity index (χ0) is 18.8. The predicted molar refractivity (Wildman–Crippen MR) is 102 cm³/mol. The van der Waals surface area contributed by atoms with Gasteiger partial charge in [0.15, 0.2) is 5.65 Å². The highest BCUT2D eigenvalue weighted by atomic mass is 35.5. The minimum absolute atomic E-state index is 0.0843. The zero-order valence-electron chi connectivity index (χ0n) is 14.8. The van der Waals surface area contributed by atoms with Gasteiger partial charge in [0.05, 0.1) is 17.8 Å². The summed E-state index contributed by atoms with van der Waals surface area (Å²) in [4.78, 5) is 29.5. The Hall–Kier alpha value is -2.80. The zero-order valence-corrected chi connectivity index (χ0v) is 15.6. The predicted octanol–water partition coefficient (Wildman–Crippen LogP) is 2.65. The van der Waals surface area contributed by atoms with Gasteiger partial charge in [-0.05, 0) is 38.5 Å². The minimum Gasteiger partial charge on any atom is -0.385 e. The molecule has 1 amide bonds. The Bertz CT molecular complexity index is 1040. The normalized spacial score (nSPS) is 10.9. The van der Waals surface area contributed by atoms with Crippen LogP contribution in [0.25, 0.3) is 5.65 Å². The second kappa shape index (κ2) is 7.21. The fourth-order valence-electron chi connectivity index (χ4n) is 2.86. The van der Waals surface area contributed by atoms with Crippen molar-refractivity contribution in [3.63, 3.8) is 0 Å². The quantitative estimate of drug-likeness (QED) is 0.641. The Morgan fingerprint density at radius 1 is 1.35 bits per heavy atom. The Morgan fingerprint density at radius 2 is 2.12 bits per heavy atom. The molecular formula is C18H20ClN5O2. The van der Waals surface area contributed by atoms with E-state index in [1.165, 1.54) is 4.52 Å². The molecule has 0 saturated heterocycles. The average Bonchev–Trinajstić information content (AvgIpc) is 3.06. The number of H-pyrrole nitrogens is 1. The van der Waals surface area contributed by atoms with Crippen molar-refractivity contribution in [2.45, 2.75) is 27.3 Å². The molecule has 2 heterocycles. The lowest BCUT2D eigenvalue weighted by Gasteiger charge is -2.14. The highest BCUT2D eigenvalue weighted by Gasteiger charge is 2.16. The van der Waals surface area contributed by atoms with Crippen LogP contribution in [0.4, 0.5) is 5.69 Å². The summed E-state index contributed by atoms with van der Waals surface area (Å²) in [5.41, 5.74) is 3.43. The standard InChI is InChI=1S/C18H20ClN5O2/c1-4-20-15-8-12(19)7-13(10(15)2)17(25)21-9-14-11(3)23-16-5-6-22-24(16)18(14)26/h5-8,20,22H,4,9H2,1-3H3,(H,21,25). The Labute approximate surface area is 155 Å². The number of carbonyl (C=O) groups is 1. The van der Waals surface area contributed by atoms with E-state index >= 15 is 0 Å². The minimum atomic E-state index is -0.292. The smallest absolute Gasteiger partial charge is 0.277 e. The number of fused-ring (bicyclic) bond motifs is 1. The van der Waals surface area contributed by atoms with Crippen molar-refractivity contribution in [1.29, 1.82) is 0 Å². The molecule has 3 aromatic rings. The molecular weight excluding hydrogens is 354 g/mol. The fourth-order valence-corrected chi connectivity index (χ4v) is 3.08. The van der Waals surface area contributed by atoms with Gasteiger partial charge in [-0.25, -0.2) is 9.50 Å². The molecule has 0 spiro atoms. The molecule has 0 bridgehead atoms. The van der Waals surface area contributed by atoms with Crippen molar-refractivity contribution in [1.82, 2.24) is 19.9 Å². The number of amides is 1. The van der Waals surface area contributed by atoms with Crippen molar-refractivity contribution < 1.29 is 4.79 Å². The van der Waals surface area contributed by atoms with Crippen LogP contribution < -0.4 is 16.2 Å². The topological polar surface area (TPSA) is 91.3 Å². The van der Waals surface area contributed by atoms with Gasteiger partial charge in [-0.3, -0.25) is 14.7 Å². The molecule has 0 atom stereocenters. The highest BCUT2D eigenvalue weighted by Crippen LogP contribution is 2.24. The van der Waals surface area contributed by atoms with E-state index in [0.717, 1.165) is 17.8 Å². The van der Waals surface area contributed by atoms with Crippen LogP contribution in [0.1, 0.15) is 34.1 Å². The van der Waals surface area contributed by atoms with Crippen LogP contribution in [0.3, 0.4) is 0 Å². The van der Waals surface area contributed by atoms with Crippen LogP contribution in [0, 0.1) is 13.8 Å². The molecule has 0 aliphatic heterocycles. The van der Waals surface area contributed by atoms with Crippen molar-refractivity contribution in [3.8, 4) is 0 Å². The molecule has 7 nitrogen and oxygen atoms in total. The first kappa shape index (κ1) is 18.0. The number of hydrogen-bond donors (Lipinski definition) is 3. The molecule has 0 aliphatic rings. The van der Waals surface area contributed by atoms with E-state index in [2.05, 4.69) is 20.7 Å². The second-order valence-electron chi connectivity index (χ2n) is 5.98. The number of hydrogen-bond acceptors (Lipinski definition) is 4. The molecule has 0 fully saturated rings. The van der Waals surface area contributed by atoms with Gasteiger partial charge in [-0.1, -0.05) is 11.6 Å². The number of halogens is 1. The summed E-state index contributed by atoms with van der Waals surface area (Å²) in [7, 11) is 0. The first-order chi connectivity index (χ1) is 12.4. The summed E-state index contributed by atoms with van der Waals surface area (Å²) in [6.07, 6.45) is 1.64. The molecule has 1 aromatic carbocycles. The van der Waals surface area contributed by atoms with Crippen LogP contribution in [-0.2, 0) is 6.54 Å². The number of carbonyl (C=O) groups excluding carboxylic acids is 1. The number of rotatable bonds is 5. The van der Waals surface area contributed by atoms with Crippen molar-refractivity contribution >= 4 is 28.8 Å². The van der Waals surface area contributed by atoms with Gasteiger partial charge < -0.3 is 10.6 Å². The monoisotopic (exact) mass is 373 g/mol. The van der Waals surface area contributed by atoms with Gasteiger partial charge in [0.2, 0.25) is 0 Å². The number of aromatic nitrogens is 3. The highest BCUT2D eigenvalue weighted by molar-refractivity contribution is 6.31. The van der Waals surface area contributed by atoms with Gasteiger partial charge in [-0.15, -0.1) is 0 Å². The lowest BCUT2D eigenvalue weighted by molar-refractivity contribution is 0.0950. The Kier molecular flexibility index (Phi) is 4.99. The Morgan fingerprint density at radius 3 is 2.85 bits per heavy atom. The van der Waals surface area contributed by atoms with Crippen LogP contribution in [0.5, 0.6) is 0 Å². The van der Waals surface area contributed by atoms with Gasteiger partial charge in [0, 0.05) is 35.1 Å². The number of benzene rings is 1. The average molecular weight is 374 g/mol. The maximum absolute atomic E-state index is 12.6. The first-order valence-electron chi connectivity index (χ1n) is 8.30. The van der Waals surface area contributed by atoms with Crippen LogP contribution in [0.2, 0.25) is 5.02 Å². The molecule has 3 rings (SSSR count).